The van der Waals surface area contributed by atoms with E-state index in [1.54, 1.807) is 7.11 Å². The molecule has 2 aromatic carbocycles. The van der Waals surface area contributed by atoms with Crippen LogP contribution in [0.5, 0.6) is 11.5 Å². The van der Waals surface area contributed by atoms with E-state index in [0.717, 1.165) is 63.0 Å². The normalized spacial score (nSPS) is 17.5. The molecule has 1 saturated carbocycles. The van der Waals surface area contributed by atoms with Crippen LogP contribution in [-0.2, 0) is 6.54 Å². The number of hydrogen-bond donors (Lipinski definition) is 1. The maximum Gasteiger partial charge on any atom is 0.251 e. The molecule has 2 fully saturated rings. The Morgan fingerprint density at radius 2 is 1.60 bits per heavy atom. The summed E-state index contributed by atoms with van der Waals surface area (Å²) in [6.07, 6.45) is 4.79. The predicted octanol–water partition coefficient (Wildman–Crippen LogP) is 4.13. The second kappa shape index (κ2) is 9.98. The summed E-state index contributed by atoms with van der Waals surface area (Å²) in [5, 5.41) is 3.11. The molecule has 160 valence electrons. The van der Waals surface area contributed by atoms with Crippen molar-refractivity contribution in [1.29, 1.82) is 0 Å². The van der Waals surface area contributed by atoms with E-state index in [1.165, 1.54) is 18.4 Å². The standard InChI is InChI=1S/C25H32N2O3/c1-29-23-8-4-20(5-9-23)17-27-14-12-19(13-15-27)16-26-25(28)22-6-10-24(11-7-22)30-18-21-2-3-21/h4-11,19,21H,2-3,12-18H2,1H3,(H,26,28). The molecule has 2 aliphatic rings. The summed E-state index contributed by atoms with van der Waals surface area (Å²) in [5.41, 5.74) is 2.01. The Morgan fingerprint density at radius 1 is 0.933 bits per heavy atom. The molecule has 0 spiro atoms. The van der Waals surface area contributed by atoms with E-state index in [4.69, 9.17) is 9.47 Å². The molecule has 5 heteroatoms. The number of methoxy groups -OCH3 is 1. The number of rotatable bonds is 9. The van der Waals surface area contributed by atoms with Crippen molar-refractivity contribution in [3.8, 4) is 11.5 Å². The number of hydrogen-bond acceptors (Lipinski definition) is 4. The smallest absolute Gasteiger partial charge is 0.251 e. The number of nitrogens with zero attached hydrogens (tertiary/aromatic N) is 1. The monoisotopic (exact) mass is 408 g/mol. The van der Waals surface area contributed by atoms with E-state index in [0.29, 0.717) is 11.5 Å². The van der Waals surface area contributed by atoms with Gasteiger partial charge in [0.2, 0.25) is 0 Å². The highest BCUT2D eigenvalue weighted by Crippen LogP contribution is 2.29. The lowest BCUT2D eigenvalue weighted by Crippen LogP contribution is -2.38. The van der Waals surface area contributed by atoms with Gasteiger partial charge in [0.05, 0.1) is 13.7 Å². The van der Waals surface area contributed by atoms with Gasteiger partial charge in [-0.25, -0.2) is 0 Å². The molecule has 1 aliphatic carbocycles. The molecule has 30 heavy (non-hydrogen) atoms. The van der Waals surface area contributed by atoms with Crippen molar-refractivity contribution in [1.82, 2.24) is 10.2 Å². The first kappa shape index (κ1) is 20.7. The summed E-state index contributed by atoms with van der Waals surface area (Å²) in [6.45, 7) is 4.65. The first-order valence-electron chi connectivity index (χ1n) is 11.1. The lowest BCUT2D eigenvalue weighted by Gasteiger charge is -2.32. The Labute approximate surface area is 179 Å². The van der Waals surface area contributed by atoms with Gasteiger partial charge in [0, 0.05) is 18.7 Å². The molecular formula is C25H32N2O3. The molecule has 4 rings (SSSR count). The maximum absolute atomic E-state index is 12.5. The lowest BCUT2D eigenvalue weighted by molar-refractivity contribution is 0.0935. The molecule has 0 aromatic heterocycles. The zero-order valence-corrected chi connectivity index (χ0v) is 17.8. The van der Waals surface area contributed by atoms with Gasteiger partial charge in [-0.1, -0.05) is 12.1 Å². The molecule has 1 N–H and O–H groups in total. The van der Waals surface area contributed by atoms with E-state index >= 15 is 0 Å². The molecule has 2 aromatic rings. The van der Waals surface area contributed by atoms with Gasteiger partial charge in [0.25, 0.3) is 5.91 Å². The van der Waals surface area contributed by atoms with Crippen molar-refractivity contribution < 1.29 is 14.3 Å². The van der Waals surface area contributed by atoms with Crippen molar-refractivity contribution in [2.45, 2.75) is 32.2 Å². The highest BCUT2D eigenvalue weighted by atomic mass is 16.5. The Balaban J connectivity index is 1.16. The number of piperidine rings is 1. The van der Waals surface area contributed by atoms with Gasteiger partial charge in [0.1, 0.15) is 11.5 Å². The number of benzene rings is 2. The summed E-state index contributed by atoms with van der Waals surface area (Å²) >= 11 is 0. The Kier molecular flexibility index (Phi) is 6.90. The van der Waals surface area contributed by atoms with Gasteiger partial charge in [-0.3, -0.25) is 9.69 Å². The van der Waals surface area contributed by atoms with Gasteiger partial charge in [-0.2, -0.15) is 0 Å². The molecule has 1 amide bonds. The summed E-state index contributed by atoms with van der Waals surface area (Å²) in [4.78, 5) is 14.9. The van der Waals surface area contributed by atoms with Gasteiger partial charge in [-0.05, 0) is 92.6 Å². The molecule has 0 radical (unpaired) electrons. The molecule has 0 bridgehead atoms. The Hall–Kier alpha value is -2.53. The van der Waals surface area contributed by atoms with Crippen molar-refractivity contribution >= 4 is 5.91 Å². The van der Waals surface area contributed by atoms with Crippen LogP contribution in [0.2, 0.25) is 0 Å². The van der Waals surface area contributed by atoms with Crippen LogP contribution >= 0.6 is 0 Å². The molecule has 1 aliphatic heterocycles. The summed E-state index contributed by atoms with van der Waals surface area (Å²) in [5.74, 6) is 3.03. The van der Waals surface area contributed by atoms with Crippen molar-refractivity contribution in [3.05, 3.63) is 59.7 Å². The average Bonchev–Trinajstić information content (AvgIpc) is 3.62. The number of likely N-dealkylation sites (tertiary alicyclic amines) is 1. The Morgan fingerprint density at radius 3 is 2.23 bits per heavy atom. The minimum Gasteiger partial charge on any atom is -0.497 e. The number of carbonyl (C=O) groups is 1. The molecule has 1 saturated heterocycles. The highest BCUT2D eigenvalue weighted by Gasteiger charge is 2.22. The number of carbonyl (C=O) groups excluding carboxylic acids is 1. The largest absolute Gasteiger partial charge is 0.497 e. The SMILES string of the molecule is COc1ccc(CN2CCC(CNC(=O)c3ccc(OCC4CC4)cc3)CC2)cc1. The van der Waals surface area contributed by atoms with Crippen LogP contribution in [0.15, 0.2) is 48.5 Å². The van der Waals surface area contributed by atoms with E-state index in [1.807, 2.05) is 36.4 Å². The third kappa shape index (κ3) is 5.99. The van der Waals surface area contributed by atoms with Gasteiger partial charge in [0.15, 0.2) is 0 Å². The van der Waals surface area contributed by atoms with Crippen LogP contribution in [0, 0.1) is 11.8 Å². The highest BCUT2D eigenvalue weighted by molar-refractivity contribution is 5.94. The first-order valence-corrected chi connectivity index (χ1v) is 11.1. The van der Waals surface area contributed by atoms with Crippen LogP contribution in [0.3, 0.4) is 0 Å². The van der Waals surface area contributed by atoms with E-state index in [2.05, 4.69) is 22.3 Å². The molecule has 5 nitrogen and oxygen atoms in total. The topological polar surface area (TPSA) is 50.8 Å². The minimum absolute atomic E-state index is 0.00408. The fourth-order valence-corrected chi connectivity index (χ4v) is 3.88. The quantitative estimate of drug-likeness (QED) is 0.678. The second-order valence-corrected chi connectivity index (χ2v) is 8.56. The van der Waals surface area contributed by atoms with Crippen molar-refractivity contribution in [3.63, 3.8) is 0 Å². The van der Waals surface area contributed by atoms with Crippen molar-refractivity contribution in [2.75, 3.05) is 33.4 Å². The predicted molar refractivity (Wildman–Crippen MR) is 118 cm³/mol. The maximum atomic E-state index is 12.5. The second-order valence-electron chi connectivity index (χ2n) is 8.56. The van der Waals surface area contributed by atoms with Crippen LogP contribution in [-0.4, -0.2) is 44.2 Å². The fraction of sp³-hybridized carbons (Fsp3) is 0.480. The van der Waals surface area contributed by atoms with E-state index < -0.39 is 0 Å². The fourth-order valence-electron chi connectivity index (χ4n) is 3.88. The van der Waals surface area contributed by atoms with Crippen molar-refractivity contribution in [2.24, 2.45) is 11.8 Å². The molecular weight excluding hydrogens is 376 g/mol. The Bertz CT molecular complexity index is 807. The molecule has 0 unspecified atom stereocenters. The first-order chi connectivity index (χ1) is 14.7. The van der Waals surface area contributed by atoms with Crippen LogP contribution in [0.25, 0.3) is 0 Å². The van der Waals surface area contributed by atoms with Gasteiger partial charge in [-0.15, -0.1) is 0 Å². The average molecular weight is 409 g/mol. The third-order valence-electron chi connectivity index (χ3n) is 6.12. The third-order valence-corrected chi connectivity index (χ3v) is 6.12. The van der Waals surface area contributed by atoms with Crippen LogP contribution < -0.4 is 14.8 Å². The van der Waals surface area contributed by atoms with Crippen LogP contribution in [0.4, 0.5) is 0 Å². The lowest BCUT2D eigenvalue weighted by atomic mass is 9.96. The zero-order chi connectivity index (χ0) is 20.8. The van der Waals surface area contributed by atoms with Gasteiger partial charge < -0.3 is 14.8 Å². The van der Waals surface area contributed by atoms with Crippen LogP contribution in [0.1, 0.15) is 41.6 Å². The number of amides is 1. The molecule has 0 atom stereocenters. The minimum atomic E-state index is 0.00408. The van der Waals surface area contributed by atoms with E-state index in [9.17, 15) is 4.79 Å². The zero-order valence-electron chi connectivity index (χ0n) is 17.8. The summed E-state index contributed by atoms with van der Waals surface area (Å²) in [7, 11) is 1.69. The summed E-state index contributed by atoms with van der Waals surface area (Å²) in [6, 6.07) is 15.8. The number of ether oxygens (including phenoxy) is 2. The number of nitrogens with one attached hydrogen (secondary N) is 1. The molecule has 1 heterocycles. The van der Waals surface area contributed by atoms with E-state index in [-0.39, 0.29) is 5.91 Å². The summed E-state index contributed by atoms with van der Waals surface area (Å²) < 4.78 is 11.0. The van der Waals surface area contributed by atoms with Gasteiger partial charge >= 0.3 is 0 Å².